The molecule has 1 aromatic rings. The van der Waals surface area contributed by atoms with E-state index in [-0.39, 0.29) is 18.3 Å². The topological polar surface area (TPSA) is 46.6 Å². The number of likely N-dealkylation sites (N-methyl/N-ethyl adjacent to an activating group) is 1. The van der Waals surface area contributed by atoms with Gasteiger partial charge in [-0.1, -0.05) is 6.07 Å². The van der Waals surface area contributed by atoms with E-state index in [1.165, 1.54) is 11.0 Å². The molecule has 1 rings (SSSR count). The molecule has 0 radical (unpaired) electrons. The van der Waals surface area contributed by atoms with E-state index < -0.39 is 0 Å². The van der Waals surface area contributed by atoms with Gasteiger partial charge in [0.1, 0.15) is 0 Å². The molecular weight excluding hydrogens is 250 g/mol. The van der Waals surface area contributed by atoms with Gasteiger partial charge in [-0.25, -0.2) is 0 Å². The Morgan fingerprint density at radius 2 is 2.28 bits per heavy atom. The highest BCUT2D eigenvalue weighted by Gasteiger charge is 2.08. The van der Waals surface area contributed by atoms with Crippen molar-refractivity contribution in [1.82, 2.24) is 4.90 Å². The molecule has 0 bridgehead atoms. The number of carbonyl (C=O) groups is 2. The fourth-order valence-electron chi connectivity index (χ4n) is 1.27. The molecule has 0 saturated heterocycles. The second-order valence-electron chi connectivity index (χ2n) is 3.66. The predicted octanol–water partition coefficient (Wildman–Crippen LogP) is 2.17. The lowest BCUT2D eigenvalue weighted by Gasteiger charge is -2.14. The first-order chi connectivity index (χ1) is 8.63. The molecule has 18 heavy (non-hydrogen) atoms. The monoisotopic (exact) mass is 267 g/mol. The number of carbonyl (C=O) groups excluding carboxylic acids is 2. The summed E-state index contributed by atoms with van der Waals surface area (Å²) in [5.74, 6) is -0.396. The van der Waals surface area contributed by atoms with Gasteiger partial charge in [0.25, 0.3) is 0 Å². The number of esters is 1. The first-order valence-corrected chi connectivity index (χ1v) is 6.63. The molecule has 0 aliphatic rings. The second kappa shape index (κ2) is 7.66. The molecular formula is C13H17NO3S. The number of ether oxygens (including phenoxy) is 1. The average Bonchev–Trinajstić information content (AvgIpc) is 2.86. The van der Waals surface area contributed by atoms with E-state index in [4.69, 9.17) is 4.74 Å². The van der Waals surface area contributed by atoms with Crippen LogP contribution in [0.15, 0.2) is 23.6 Å². The number of hydrogen-bond donors (Lipinski definition) is 0. The molecule has 0 aliphatic carbocycles. The summed E-state index contributed by atoms with van der Waals surface area (Å²) in [6, 6.07) is 3.87. The van der Waals surface area contributed by atoms with Crippen molar-refractivity contribution in [3.8, 4) is 0 Å². The summed E-state index contributed by atoms with van der Waals surface area (Å²) in [5.41, 5.74) is 0. The van der Waals surface area contributed by atoms with Gasteiger partial charge in [0, 0.05) is 24.5 Å². The van der Waals surface area contributed by atoms with E-state index in [1.807, 2.05) is 17.5 Å². The summed E-state index contributed by atoms with van der Waals surface area (Å²) in [7, 11) is 1.67. The van der Waals surface area contributed by atoms with Crippen LogP contribution in [-0.2, 0) is 14.3 Å². The third-order valence-electron chi connectivity index (χ3n) is 2.27. The highest BCUT2D eigenvalue weighted by Crippen LogP contribution is 2.10. The zero-order valence-electron chi connectivity index (χ0n) is 10.6. The Bertz CT molecular complexity index is 412. The molecule has 4 nitrogen and oxygen atoms in total. The Kier molecular flexibility index (Phi) is 6.14. The van der Waals surface area contributed by atoms with E-state index in [0.29, 0.717) is 13.2 Å². The van der Waals surface area contributed by atoms with Crippen LogP contribution in [0.4, 0.5) is 0 Å². The second-order valence-corrected chi connectivity index (χ2v) is 4.64. The number of rotatable bonds is 6. The maximum absolute atomic E-state index is 11.7. The lowest BCUT2D eigenvalue weighted by Crippen LogP contribution is -2.27. The average molecular weight is 267 g/mol. The summed E-state index contributed by atoms with van der Waals surface area (Å²) in [4.78, 5) is 25.4. The van der Waals surface area contributed by atoms with Crippen molar-refractivity contribution in [2.75, 3.05) is 20.2 Å². The Morgan fingerprint density at radius 3 is 2.89 bits per heavy atom. The van der Waals surface area contributed by atoms with Crippen LogP contribution in [0.1, 0.15) is 18.2 Å². The van der Waals surface area contributed by atoms with Crippen LogP contribution in [0.3, 0.4) is 0 Å². The van der Waals surface area contributed by atoms with E-state index in [9.17, 15) is 9.59 Å². The third-order valence-corrected chi connectivity index (χ3v) is 3.10. The van der Waals surface area contributed by atoms with Crippen molar-refractivity contribution in [2.24, 2.45) is 0 Å². The van der Waals surface area contributed by atoms with Crippen molar-refractivity contribution in [3.05, 3.63) is 28.5 Å². The van der Waals surface area contributed by atoms with Crippen LogP contribution in [0.25, 0.3) is 6.08 Å². The molecule has 1 amide bonds. The van der Waals surface area contributed by atoms with Gasteiger partial charge < -0.3 is 9.64 Å². The minimum absolute atomic E-state index is 0.118. The van der Waals surface area contributed by atoms with Crippen molar-refractivity contribution in [3.63, 3.8) is 0 Å². The normalized spacial score (nSPS) is 10.6. The van der Waals surface area contributed by atoms with E-state index >= 15 is 0 Å². The zero-order chi connectivity index (χ0) is 13.4. The van der Waals surface area contributed by atoms with Gasteiger partial charge in [0.2, 0.25) is 5.91 Å². The van der Waals surface area contributed by atoms with E-state index in [1.54, 1.807) is 31.4 Å². The fraction of sp³-hybridized carbons (Fsp3) is 0.385. The molecule has 0 fully saturated rings. The smallest absolute Gasteiger partial charge is 0.307 e. The Labute approximate surface area is 111 Å². The first-order valence-electron chi connectivity index (χ1n) is 5.75. The van der Waals surface area contributed by atoms with Crippen molar-refractivity contribution in [2.45, 2.75) is 13.3 Å². The lowest BCUT2D eigenvalue weighted by atomic mass is 10.3. The summed E-state index contributed by atoms with van der Waals surface area (Å²) < 4.78 is 4.80. The van der Waals surface area contributed by atoms with Gasteiger partial charge in [-0.2, -0.15) is 0 Å². The van der Waals surface area contributed by atoms with Crippen molar-refractivity contribution < 1.29 is 14.3 Å². The van der Waals surface area contributed by atoms with Crippen LogP contribution < -0.4 is 0 Å². The minimum Gasteiger partial charge on any atom is -0.466 e. The summed E-state index contributed by atoms with van der Waals surface area (Å²) in [6.45, 7) is 2.50. The quantitative estimate of drug-likeness (QED) is 0.586. The SMILES string of the molecule is CCOC(=O)CCN(C)C(=O)C=Cc1cccs1. The number of thiophene rings is 1. The van der Waals surface area contributed by atoms with Crippen LogP contribution in [0.2, 0.25) is 0 Å². The molecule has 0 N–H and O–H groups in total. The van der Waals surface area contributed by atoms with Crippen molar-refractivity contribution in [1.29, 1.82) is 0 Å². The van der Waals surface area contributed by atoms with Gasteiger partial charge in [-0.15, -0.1) is 11.3 Å². The van der Waals surface area contributed by atoms with Crippen LogP contribution in [0, 0.1) is 0 Å². The molecule has 0 aliphatic heterocycles. The number of amides is 1. The minimum atomic E-state index is -0.278. The van der Waals surface area contributed by atoms with Gasteiger partial charge in [-0.05, 0) is 24.4 Å². The molecule has 0 spiro atoms. The highest BCUT2D eigenvalue weighted by atomic mass is 32.1. The van der Waals surface area contributed by atoms with E-state index in [2.05, 4.69) is 0 Å². The van der Waals surface area contributed by atoms with Crippen LogP contribution >= 0.6 is 11.3 Å². The molecule has 5 heteroatoms. The Hall–Kier alpha value is -1.62. The Morgan fingerprint density at radius 1 is 1.50 bits per heavy atom. The summed E-state index contributed by atoms with van der Waals surface area (Å²) >= 11 is 1.57. The Balaban J connectivity index is 2.35. The van der Waals surface area contributed by atoms with Gasteiger partial charge in [0.05, 0.1) is 13.0 Å². The predicted molar refractivity (Wildman–Crippen MR) is 72.2 cm³/mol. The highest BCUT2D eigenvalue weighted by molar-refractivity contribution is 7.10. The molecule has 0 unspecified atom stereocenters. The van der Waals surface area contributed by atoms with Gasteiger partial charge >= 0.3 is 5.97 Å². The number of hydrogen-bond acceptors (Lipinski definition) is 4. The van der Waals surface area contributed by atoms with Crippen molar-refractivity contribution >= 4 is 29.3 Å². The fourth-order valence-corrected chi connectivity index (χ4v) is 1.89. The van der Waals surface area contributed by atoms with Crippen LogP contribution in [0.5, 0.6) is 0 Å². The van der Waals surface area contributed by atoms with E-state index in [0.717, 1.165) is 4.88 Å². The lowest BCUT2D eigenvalue weighted by molar-refractivity contribution is -0.143. The molecule has 1 aromatic heterocycles. The zero-order valence-corrected chi connectivity index (χ0v) is 11.4. The summed E-state index contributed by atoms with van der Waals surface area (Å²) in [5, 5.41) is 1.95. The molecule has 0 saturated carbocycles. The van der Waals surface area contributed by atoms with Gasteiger partial charge in [0.15, 0.2) is 0 Å². The molecule has 0 atom stereocenters. The maximum atomic E-state index is 11.7. The summed E-state index contributed by atoms with van der Waals surface area (Å²) in [6.07, 6.45) is 3.51. The van der Waals surface area contributed by atoms with Gasteiger partial charge in [-0.3, -0.25) is 9.59 Å². The van der Waals surface area contributed by atoms with Crippen LogP contribution in [-0.4, -0.2) is 37.0 Å². The largest absolute Gasteiger partial charge is 0.466 e. The molecule has 98 valence electrons. The third kappa shape index (κ3) is 5.14. The maximum Gasteiger partial charge on any atom is 0.307 e. The molecule has 0 aromatic carbocycles. The molecule has 1 heterocycles. The standard InChI is InChI=1S/C13H17NO3S/c1-3-17-13(16)8-9-14(2)12(15)7-6-11-5-4-10-18-11/h4-7,10H,3,8-9H2,1-2H3. The number of nitrogens with zero attached hydrogens (tertiary/aromatic N) is 1. The first kappa shape index (κ1) is 14.4.